The number of nitrogens with one attached hydrogen (secondary N) is 2. The third-order valence-electron chi connectivity index (χ3n) is 1.96. The highest BCUT2D eigenvalue weighted by molar-refractivity contribution is 5.84. The van der Waals surface area contributed by atoms with Gasteiger partial charge in [0.25, 0.3) is 0 Å². The van der Waals surface area contributed by atoms with E-state index >= 15 is 0 Å². The van der Waals surface area contributed by atoms with Gasteiger partial charge in [-0.1, -0.05) is 0 Å². The van der Waals surface area contributed by atoms with Crippen LogP contribution in [0.25, 0.3) is 0 Å². The molecule has 0 unspecified atom stereocenters. The Morgan fingerprint density at radius 2 is 2.12 bits per heavy atom. The summed E-state index contributed by atoms with van der Waals surface area (Å²) in [5.74, 6) is -0.898. The van der Waals surface area contributed by atoms with Gasteiger partial charge in [0.05, 0.1) is 6.54 Å². The number of carbonyl (C=O) groups excluding carboxylic acids is 1. The van der Waals surface area contributed by atoms with Crippen molar-refractivity contribution in [2.45, 2.75) is 13.0 Å². The summed E-state index contributed by atoms with van der Waals surface area (Å²) in [6, 6.07) is 2.50. The van der Waals surface area contributed by atoms with Crippen LogP contribution in [0.5, 0.6) is 0 Å². The SMILES string of the molecule is NCCCNC(=O)NCc1ccc(C(=O)O)o1. The molecule has 0 aliphatic carbocycles. The van der Waals surface area contributed by atoms with E-state index in [1.54, 1.807) is 0 Å². The number of furan rings is 1. The number of carbonyl (C=O) groups is 2. The van der Waals surface area contributed by atoms with E-state index in [2.05, 4.69) is 10.6 Å². The first-order valence-corrected chi connectivity index (χ1v) is 5.17. The van der Waals surface area contributed by atoms with E-state index in [-0.39, 0.29) is 18.3 Å². The summed E-state index contributed by atoms with van der Waals surface area (Å²) in [5.41, 5.74) is 5.27. The van der Waals surface area contributed by atoms with Gasteiger partial charge in [0.1, 0.15) is 5.76 Å². The number of aromatic carboxylic acids is 1. The quantitative estimate of drug-likeness (QED) is 0.528. The van der Waals surface area contributed by atoms with Crippen molar-refractivity contribution in [1.82, 2.24) is 10.6 Å². The van der Waals surface area contributed by atoms with Gasteiger partial charge in [-0.25, -0.2) is 9.59 Å². The first-order chi connectivity index (χ1) is 8.13. The fourth-order valence-corrected chi connectivity index (χ4v) is 1.12. The number of amides is 2. The van der Waals surface area contributed by atoms with E-state index in [4.69, 9.17) is 15.3 Å². The maximum absolute atomic E-state index is 11.2. The Morgan fingerprint density at radius 1 is 1.35 bits per heavy atom. The van der Waals surface area contributed by atoms with Crippen LogP contribution in [0.4, 0.5) is 4.79 Å². The Balaban J connectivity index is 2.29. The molecule has 0 spiro atoms. The standard InChI is InChI=1S/C10H15N3O4/c11-4-1-5-12-10(16)13-6-7-2-3-8(17-7)9(14)15/h2-3H,1,4-6,11H2,(H,14,15)(H2,12,13,16). The van der Waals surface area contributed by atoms with Crippen molar-refractivity contribution in [3.8, 4) is 0 Å². The van der Waals surface area contributed by atoms with Gasteiger partial charge in [0, 0.05) is 6.54 Å². The molecule has 0 saturated heterocycles. The molecular formula is C10H15N3O4. The maximum Gasteiger partial charge on any atom is 0.371 e. The molecule has 0 fully saturated rings. The van der Waals surface area contributed by atoms with Crippen LogP contribution in [0.3, 0.4) is 0 Å². The van der Waals surface area contributed by atoms with E-state index < -0.39 is 5.97 Å². The zero-order valence-corrected chi connectivity index (χ0v) is 9.23. The number of urea groups is 1. The molecule has 1 aromatic heterocycles. The van der Waals surface area contributed by atoms with Crippen LogP contribution in [0.2, 0.25) is 0 Å². The predicted octanol–water partition coefficient (Wildman–Crippen LogP) is 0.126. The van der Waals surface area contributed by atoms with Gasteiger partial charge >= 0.3 is 12.0 Å². The number of rotatable bonds is 6. The molecule has 0 bridgehead atoms. The third-order valence-corrected chi connectivity index (χ3v) is 1.96. The maximum atomic E-state index is 11.2. The molecule has 5 N–H and O–H groups in total. The van der Waals surface area contributed by atoms with Gasteiger partial charge in [-0.05, 0) is 25.1 Å². The number of carboxylic acids is 1. The minimum absolute atomic E-state index is 0.141. The van der Waals surface area contributed by atoms with Crippen LogP contribution >= 0.6 is 0 Å². The normalized spacial score (nSPS) is 9.94. The molecule has 2 amide bonds. The van der Waals surface area contributed by atoms with Crippen molar-refractivity contribution < 1.29 is 19.1 Å². The Bertz CT molecular complexity index is 389. The topological polar surface area (TPSA) is 118 Å². The van der Waals surface area contributed by atoms with Crippen molar-refractivity contribution in [2.24, 2.45) is 5.73 Å². The second-order valence-corrected chi connectivity index (χ2v) is 3.32. The van der Waals surface area contributed by atoms with Crippen molar-refractivity contribution in [2.75, 3.05) is 13.1 Å². The highest BCUT2D eigenvalue weighted by Crippen LogP contribution is 2.07. The lowest BCUT2D eigenvalue weighted by atomic mass is 10.4. The monoisotopic (exact) mass is 241 g/mol. The Kier molecular flexibility index (Phi) is 5.02. The zero-order valence-electron chi connectivity index (χ0n) is 9.23. The van der Waals surface area contributed by atoms with Crippen LogP contribution < -0.4 is 16.4 Å². The summed E-state index contributed by atoms with van der Waals surface area (Å²) in [6.45, 7) is 1.16. The molecule has 0 saturated carbocycles. The van der Waals surface area contributed by atoms with Crippen LogP contribution in [0.1, 0.15) is 22.7 Å². The van der Waals surface area contributed by atoms with Gasteiger partial charge in [-0.2, -0.15) is 0 Å². The van der Waals surface area contributed by atoms with E-state index in [0.29, 0.717) is 25.3 Å². The summed E-state index contributed by atoms with van der Waals surface area (Å²) in [5, 5.41) is 13.7. The molecular weight excluding hydrogens is 226 g/mol. The highest BCUT2D eigenvalue weighted by Gasteiger charge is 2.09. The molecule has 0 radical (unpaired) electrons. The summed E-state index contributed by atoms with van der Waals surface area (Å²) < 4.78 is 4.96. The second kappa shape index (κ2) is 6.54. The molecule has 94 valence electrons. The molecule has 0 atom stereocenters. The third kappa shape index (κ3) is 4.56. The van der Waals surface area contributed by atoms with E-state index in [0.717, 1.165) is 0 Å². The molecule has 1 aromatic rings. The summed E-state index contributed by atoms with van der Waals surface area (Å²) >= 11 is 0. The first kappa shape index (κ1) is 13.0. The zero-order chi connectivity index (χ0) is 12.7. The minimum Gasteiger partial charge on any atom is -0.475 e. The summed E-state index contributed by atoms with van der Waals surface area (Å²) in [4.78, 5) is 21.7. The molecule has 7 nitrogen and oxygen atoms in total. The van der Waals surface area contributed by atoms with Gasteiger partial charge in [0.2, 0.25) is 5.76 Å². The lowest BCUT2D eigenvalue weighted by Gasteiger charge is -2.05. The fraction of sp³-hybridized carbons (Fsp3) is 0.400. The van der Waals surface area contributed by atoms with Crippen LogP contribution in [0, 0.1) is 0 Å². The molecule has 0 aromatic carbocycles. The largest absolute Gasteiger partial charge is 0.475 e. The predicted molar refractivity (Wildman–Crippen MR) is 59.6 cm³/mol. The fourth-order valence-electron chi connectivity index (χ4n) is 1.12. The Labute approximate surface area is 98.0 Å². The number of nitrogens with two attached hydrogens (primary N) is 1. The first-order valence-electron chi connectivity index (χ1n) is 5.17. The Hall–Kier alpha value is -2.02. The lowest BCUT2D eigenvalue weighted by Crippen LogP contribution is -2.36. The average molecular weight is 241 g/mol. The smallest absolute Gasteiger partial charge is 0.371 e. The van der Waals surface area contributed by atoms with E-state index in [9.17, 15) is 9.59 Å². The number of carboxylic acid groups (broad SMARTS) is 1. The minimum atomic E-state index is -1.14. The van der Waals surface area contributed by atoms with E-state index in [1.807, 2.05) is 0 Å². The lowest BCUT2D eigenvalue weighted by molar-refractivity contribution is 0.0660. The van der Waals surface area contributed by atoms with Crippen molar-refractivity contribution in [3.05, 3.63) is 23.7 Å². The van der Waals surface area contributed by atoms with Crippen molar-refractivity contribution in [1.29, 1.82) is 0 Å². The number of hydrogen-bond acceptors (Lipinski definition) is 4. The molecule has 0 aliphatic rings. The Morgan fingerprint density at radius 3 is 2.71 bits per heavy atom. The second-order valence-electron chi connectivity index (χ2n) is 3.32. The van der Waals surface area contributed by atoms with Crippen molar-refractivity contribution >= 4 is 12.0 Å². The van der Waals surface area contributed by atoms with Gasteiger partial charge in [-0.3, -0.25) is 0 Å². The van der Waals surface area contributed by atoms with Crippen LogP contribution in [-0.2, 0) is 6.54 Å². The average Bonchev–Trinajstić information content (AvgIpc) is 2.75. The summed E-state index contributed by atoms with van der Waals surface area (Å²) in [7, 11) is 0. The van der Waals surface area contributed by atoms with Crippen LogP contribution in [0.15, 0.2) is 16.5 Å². The highest BCUT2D eigenvalue weighted by atomic mass is 16.4. The van der Waals surface area contributed by atoms with Gasteiger partial charge < -0.3 is 25.9 Å². The number of hydrogen-bond donors (Lipinski definition) is 4. The molecule has 1 rings (SSSR count). The van der Waals surface area contributed by atoms with E-state index in [1.165, 1.54) is 12.1 Å². The van der Waals surface area contributed by atoms with Gasteiger partial charge in [0.15, 0.2) is 0 Å². The van der Waals surface area contributed by atoms with Gasteiger partial charge in [-0.15, -0.1) is 0 Å². The molecule has 0 aliphatic heterocycles. The molecule has 1 heterocycles. The molecule has 7 heteroatoms. The summed E-state index contributed by atoms with van der Waals surface area (Å²) in [6.07, 6.45) is 0.706. The molecule has 17 heavy (non-hydrogen) atoms. The van der Waals surface area contributed by atoms with Crippen molar-refractivity contribution in [3.63, 3.8) is 0 Å². The van der Waals surface area contributed by atoms with Crippen LogP contribution in [-0.4, -0.2) is 30.2 Å².